The minimum atomic E-state index is -0.507. The van der Waals surface area contributed by atoms with Gasteiger partial charge in [0.2, 0.25) is 0 Å². The van der Waals surface area contributed by atoms with Crippen molar-refractivity contribution >= 4 is 49.5 Å². The van der Waals surface area contributed by atoms with E-state index in [1.54, 1.807) is 0 Å². The highest BCUT2D eigenvalue weighted by molar-refractivity contribution is 7.80. The first-order valence-corrected chi connectivity index (χ1v) is 8.31. The Bertz CT molecular complexity index is 371. The molecule has 0 aliphatic heterocycles. The monoisotopic (exact) mass is 366 g/mol. The summed E-state index contributed by atoms with van der Waals surface area (Å²) in [4.78, 5) is 45.9. The molecule has 132 valence electrons. The van der Waals surface area contributed by atoms with Gasteiger partial charge in [0.15, 0.2) is 0 Å². The summed E-state index contributed by atoms with van der Waals surface area (Å²) in [7, 11) is 0. The smallest absolute Gasteiger partial charge is 0.317 e. The van der Waals surface area contributed by atoms with E-state index in [9.17, 15) is 19.2 Å². The van der Waals surface area contributed by atoms with Crippen molar-refractivity contribution in [3.63, 3.8) is 0 Å². The van der Waals surface area contributed by atoms with Gasteiger partial charge in [0.05, 0.1) is 32.5 Å². The first-order valence-electron chi connectivity index (χ1n) is 7.04. The van der Waals surface area contributed by atoms with Crippen molar-refractivity contribution in [2.75, 3.05) is 44.4 Å². The molecule has 0 saturated carbocycles. The Morgan fingerprint density at radius 1 is 0.957 bits per heavy atom. The molecule has 23 heavy (non-hydrogen) atoms. The summed E-state index contributed by atoms with van der Waals surface area (Å²) in [5.74, 6) is -0.0608. The number of carbonyl (C=O) groups excluding carboxylic acids is 4. The number of nitrogens with one attached hydrogen (secondary N) is 1. The molecule has 0 atom stereocenters. The van der Waals surface area contributed by atoms with Crippen LogP contribution in [0.4, 0.5) is 4.79 Å². The first-order chi connectivity index (χ1) is 11.0. The highest BCUT2D eigenvalue weighted by atomic mass is 32.1. The zero-order valence-electron chi connectivity index (χ0n) is 12.7. The maximum Gasteiger partial charge on any atom is 0.317 e. The maximum absolute atomic E-state index is 11.9. The summed E-state index contributed by atoms with van der Waals surface area (Å²) in [5, 5.41) is 2.37. The number of urea groups is 1. The molecule has 0 aliphatic rings. The van der Waals surface area contributed by atoms with Crippen molar-refractivity contribution < 1.29 is 28.7 Å². The molecule has 10 heteroatoms. The number of hydrogen-bond donors (Lipinski definition) is 3. The fourth-order valence-electron chi connectivity index (χ4n) is 1.42. The Morgan fingerprint density at radius 3 is 1.83 bits per heavy atom. The molecule has 0 heterocycles. The zero-order valence-corrected chi connectivity index (χ0v) is 14.5. The largest absolute Gasteiger partial charge is 0.464 e. The molecule has 0 unspecified atom stereocenters. The van der Waals surface area contributed by atoms with Crippen LogP contribution in [0.15, 0.2) is 0 Å². The minimum Gasteiger partial charge on any atom is -0.464 e. The van der Waals surface area contributed by atoms with Crippen LogP contribution >= 0.6 is 25.3 Å². The Hall–Kier alpha value is -1.42. The lowest BCUT2D eigenvalue weighted by Gasteiger charge is -2.22. The van der Waals surface area contributed by atoms with E-state index in [2.05, 4.69) is 30.6 Å². The number of amides is 2. The molecule has 0 aromatic carbocycles. The fourth-order valence-corrected chi connectivity index (χ4v) is 1.79. The fraction of sp³-hybridized carbons (Fsp3) is 0.692. The number of nitrogens with zero attached hydrogens (tertiary/aromatic N) is 1. The normalized spacial score (nSPS) is 9.83. The van der Waals surface area contributed by atoms with Crippen LogP contribution in [0, 0.1) is 0 Å². The van der Waals surface area contributed by atoms with E-state index in [1.807, 2.05) is 0 Å². The summed E-state index contributed by atoms with van der Waals surface area (Å²) < 4.78 is 9.87. The van der Waals surface area contributed by atoms with Gasteiger partial charge in [-0.1, -0.05) is 0 Å². The molecule has 0 aromatic heterocycles. The zero-order chi connectivity index (χ0) is 17.5. The van der Waals surface area contributed by atoms with Crippen LogP contribution in [0.25, 0.3) is 0 Å². The molecule has 0 saturated heterocycles. The molecular formula is C13H22N2O6S2. The minimum absolute atomic E-state index is 0.00566. The van der Waals surface area contributed by atoms with Crippen molar-refractivity contribution in [2.24, 2.45) is 0 Å². The number of ether oxygens (including phenoxy) is 2. The number of carbonyl (C=O) groups is 4. The second kappa shape index (κ2) is 14.2. The third-order valence-electron chi connectivity index (χ3n) is 2.50. The highest BCUT2D eigenvalue weighted by Gasteiger charge is 2.14. The summed E-state index contributed by atoms with van der Waals surface area (Å²) in [6.07, 6.45) is 0.916. The first kappa shape index (κ1) is 21.6. The number of thiol groups is 2. The van der Waals surface area contributed by atoms with Crippen LogP contribution in [0.3, 0.4) is 0 Å². The lowest BCUT2D eigenvalue weighted by molar-refractivity contribution is -0.143. The average Bonchev–Trinajstić information content (AvgIpc) is 2.51. The molecule has 0 radical (unpaired) electrons. The van der Waals surface area contributed by atoms with Crippen molar-refractivity contribution in [3.05, 3.63) is 0 Å². The van der Waals surface area contributed by atoms with E-state index in [0.29, 0.717) is 17.8 Å². The predicted molar refractivity (Wildman–Crippen MR) is 89.9 cm³/mol. The van der Waals surface area contributed by atoms with Crippen molar-refractivity contribution in [2.45, 2.75) is 12.8 Å². The Balaban J connectivity index is 4.27. The van der Waals surface area contributed by atoms with E-state index in [1.165, 1.54) is 4.90 Å². The van der Waals surface area contributed by atoms with Crippen LogP contribution in [0.1, 0.15) is 12.8 Å². The molecule has 0 aromatic rings. The molecule has 1 N–H and O–H groups in total. The van der Waals surface area contributed by atoms with E-state index < -0.39 is 18.0 Å². The van der Waals surface area contributed by atoms with Gasteiger partial charge in [0.1, 0.15) is 19.5 Å². The number of esters is 2. The van der Waals surface area contributed by atoms with Crippen molar-refractivity contribution in [1.29, 1.82) is 0 Å². The van der Waals surface area contributed by atoms with E-state index in [-0.39, 0.29) is 45.7 Å². The summed E-state index contributed by atoms with van der Waals surface area (Å²) in [6, 6.07) is -0.507. The third-order valence-corrected chi connectivity index (χ3v) is 2.95. The van der Waals surface area contributed by atoms with Gasteiger partial charge in [-0.05, 0) is 0 Å². The standard InChI is InChI=1S/C13H22N2O6S2/c16-6-3-14-13(19)15(4-7-20-11(17)1-9-22)5-8-21-12(18)2-10-23/h6,22-23H,1-5,7-10H2,(H,14,19). The van der Waals surface area contributed by atoms with E-state index in [4.69, 9.17) is 9.47 Å². The van der Waals surface area contributed by atoms with Gasteiger partial charge in [-0.25, -0.2) is 4.79 Å². The van der Waals surface area contributed by atoms with Gasteiger partial charge in [-0.2, -0.15) is 25.3 Å². The van der Waals surface area contributed by atoms with Gasteiger partial charge >= 0.3 is 18.0 Å². The molecule has 0 bridgehead atoms. The Morgan fingerprint density at radius 2 is 1.43 bits per heavy atom. The topological polar surface area (TPSA) is 102 Å². The van der Waals surface area contributed by atoms with Crippen molar-refractivity contribution in [3.8, 4) is 0 Å². The van der Waals surface area contributed by atoms with Crippen LogP contribution in [-0.4, -0.2) is 73.5 Å². The molecule has 0 rings (SSSR count). The lowest BCUT2D eigenvalue weighted by atomic mass is 10.4. The summed E-state index contributed by atoms with van der Waals surface area (Å²) >= 11 is 7.83. The number of aldehydes is 1. The van der Waals surface area contributed by atoms with E-state index >= 15 is 0 Å². The second-order valence-electron chi connectivity index (χ2n) is 4.23. The van der Waals surface area contributed by atoms with Crippen molar-refractivity contribution in [1.82, 2.24) is 10.2 Å². The Kier molecular flexibility index (Phi) is 13.3. The molecule has 8 nitrogen and oxygen atoms in total. The molecular weight excluding hydrogens is 344 g/mol. The van der Waals surface area contributed by atoms with Gasteiger partial charge in [-0.3, -0.25) is 9.59 Å². The lowest BCUT2D eigenvalue weighted by Crippen LogP contribution is -2.44. The maximum atomic E-state index is 11.9. The average molecular weight is 366 g/mol. The van der Waals surface area contributed by atoms with Gasteiger partial charge in [-0.15, -0.1) is 0 Å². The molecule has 2 amide bonds. The molecule has 0 aliphatic carbocycles. The quantitative estimate of drug-likeness (QED) is 0.254. The van der Waals surface area contributed by atoms with Gasteiger partial charge in [0, 0.05) is 11.5 Å². The Labute approximate surface area is 146 Å². The second-order valence-corrected chi connectivity index (χ2v) is 5.12. The summed E-state index contributed by atoms with van der Waals surface area (Å²) in [6.45, 7) is 0.117. The van der Waals surface area contributed by atoms with Crippen LogP contribution in [-0.2, 0) is 23.9 Å². The van der Waals surface area contributed by atoms with Gasteiger partial charge < -0.3 is 24.5 Å². The number of hydrogen-bond acceptors (Lipinski definition) is 8. The van der Waals surface area contributed by atoms with Gasteiger partial charge in [0.25, 0.3) is 0 Å². The van der Waals surface area contributed by atoms with E-state index in [0.717, 1.165) is 0 Å². The SMILES string of the molecule is O=CCNC(=O)N(CCOC(=O)CCS)CCOC(=O)CCS. The predicted octanol–water partition coefficient (Wildman–Crippen LogP) is -0.0769. The summed E-state index contributed by atoms with van der Waals surface area (Å²) in [5.41, 5.74) is 0. The van der Waals surface area contributed by atoms with Crippen LogP contribution < -0.4 is 5.32 Å². The third kappa shape index (κ3) is 11.8. The molecule has 0 fully saturated rings. The van der Waals surface area contributed by atoms with Crippen LogP contribution in [0.5, 0.6) is 0 Å². The highest BCUT2D eigenvalue weighted by Crippen LogP contribution is 1.96. The number of rotatable bonds is 12. The molecule has 0 spiro atoms. The van der Waals surface area contributed by atoms with Crippen LogP contribution in [0.2, 0.25) is 0 Å².